The third-order valence-electron chi connectivity index (χ3n) is 3.44. The number of rotatable bonds is 2. The fraction of sp³-hybridized carbons (Fsp3) is 1.00. The monoisotopic (exact) mass is 188 g/mol. The summed E-state index contributed by atoms with van der Waals surface area (Å²) in [5.41, 5.74) is 0.534. The van der Waals surface area contributed by atoms with E-state index in [-0.39, 0.29) is 0 Å². The molecule has 12 heavy (non-hydrogen) atoms. The van der Waals surface area contributed by atoms with Crippen molar-refractivity contribution in [1.29, 1.82) is 0 Å². The highest BCUT2D eigenvalue weighted by Crippen LogP contribution is 2.37. The molecule has 0 aromatic carbocycles. The van der Waals surface area contributed by atoms with E-state index in [4.69, 9.17) is 0 Å². The molecule has 0 aromatic rings. The van der Waals surface area contributed by atoms with Crippen molar-refractivity contribution < 1.29 is 4.21 Å². The van der Waals surface area contributed by atoms with Crippen molar-refractivity contribution in [3.63, 3.8) is 0 Å². The maximum atomic E-state index is 11.3. The lowest BCUT2D eigenvalue weighted by atomic mass is 9.76. The molecule has 1 heterocycles. The van der Waals surface area contributed by atoms with Gasteiger partial charge >= 0.3 is 0 Å². The molecular weight excluding hydrogens is 168 g/mol. The van der Waals surface area contributed by atoms with Gasteiger partial charge in [0.15, 0.2) is 0 Å². The van der Waals surface area contributed by atoms with Crippen molar-refractivity contribution in [1.82, 2.24) is 0 Å². The van der Waals surface area contributed by atoms with Crippen molar-refractivity contribution >= 4 is 10.8 Å². The van der Waals surface area contributed by atoms with Gasteiger partial charge in [-0.1, -0.05) is 26.7 Å². The van der Waals surface area contributed by atoms with E-state index >= 15 is 0 Å². The molecule has 0 amide bonds. The second-order valence-corrected chi connectivity index (χ2v) is 5.60. The van der Waals surface area contributed by atoms with E-state index in [0.29, 0.717) is 5.41 Å². The molecule has 0 saturated carbocycles. The van der Waals surface area contributed by atoms with Crippen LogP contribution in [0.25, 0.3) is 0 Å². The first-order chi connectivity index (χ1) is 5.72. The van der Waals surface area contributed by atoms with Crippen LogP contribution in [-0.4, -0.2) is 15.7 Å². The molecule has 1 aliphatic heterocycles. The third kappa shape index (κ3) is 2.32. The summed E-state index contributed by atoms with van der Waals surface area (Å²) in [4.78, 5) is 0. The highest BCUT2D eigenvalue weighted by atomic mass is 32.2. The van der Waals surface area contributed by atoms with Gasteiger partial charge in [-0.2, -0.15) is 0 Å². The minimum atomic E-state index is -0.507. The highest BCUT2D eigenvalue weighted by molar-refractivity contribution is 7.84. The fourth-order valence-electron chi connectivity index (χ4n) is 2.12. The van der Waals surface area contributed by atoms with Crippen LogP contribution in [0.15, 0.2) is 0 Å². The quantitative estimate of drug-likeness (QED) is 0.651. The molecule has 2 heteroatoms. The Balaban J connectivity index is 2.58. The van der Waals surface area contributed by atoms with Gasteiger partial charge in [-0.05, 0) is 24.7 Å². The molecule has 1 saturated heterocycles. The standard InChI is InChI=1S/C10H20OS/c1-3-10(4-2)6-5-8-12(11)9-7-10/h3-9H2,1-2H3. The first kappa shape index (κ1) is 10.2. The van der Waals surface area contributed by atoms with E-state index in [1.165, 1.54) is 32.1 Å². The summed E-state index contributed by atoms with van der Waals surface area (Å²) < 4.78 is 11.3. The van der Waals surface area contributed by atoms with Gasteiger partial charge in [0.1, 0.15) is 0 Å². The lowest BCUT2D eigenvalue weighted by Crippen LogP contribution is -2.18. The van der Waals surface area contributed by atoms with Crippen LogP contribution in [0, 0.1) is 5.41 Å². The van der Waals surface area contributed by atoms with Gasteiger partial charge in [0, 0.05) is 22.3 Å². The molecule has 0 N–H and O–H groups in total. The third-order valence-corrected chi connectivity index (χ3v) is 4.84. The molecule has 72 valence electrons. The number of hydrogen-bond acceptors (Lipinski definition) is 1. The van der Waals surface area contributed by atoms with Crippen molar-refractivity contribution in [2.45, 2.75) is 46.0 Å². The summed E-state index contributed by atoms with van der Waals surface area (Å²) in [5, 5.41) is 0. The van der Waals surface area contributed by atoms with Crippen LogP contribution in [0.3, 0.4) is 0 Å². The average molecular weight is 188 g/mol. The Morgan fingerprint density at radius 1 is 1.17 bits per heavy atom. The summed E-state index contributed by atoms with van der Waals surface area (Å²) in [7, 11) is -0.507. The van der Waals surface area contributed by atoms with Crippen molar-refractivity contribution in [3.05, 3.63) is 0 Å². The topological polar surface area (TPSA) is 17.1 Å². The zero-order valence-electron chi connectivity index (χ0n) is 8.27. The Hall–Kier alpha value is 0.150. The molecular formula is C10H20OS. The maximum absolute atomic E-state index is 11.3. The second-order valence-electron chi connectivity index (χ2n) is 3.91. The second kappa shape index (κ2) is 4.40. The molecule has 1 unspecified atom stereocenters. The predicted octanol–water partition coefficient (Wildman–Crippen LogP) is 2.73. The zero-order valence-corrected chi connectivity index (χ0v) is 9.08. The first-order valence-electron chi connectivity index (χ1n) is 5.07. The lowest BCUT2D eigenvalue weighted by molar-refractivity contribution is 0.232. The van der Waals surface area contributed by atoms with Crippen LogP contribution < -0.4 is 0 Å². The Bertz CT molecular complexity index is 161. The number of hydrogen-bond donors (Lipinski definition) is 0. The SMILES string of the molecule is CCC1(CC)CCCS(=O)CC1. The predicted molar refractivity (Wildman–Crippen MR) is 54.7 cm³/mol. The summed E-state index contributed by atoms with van der Waals surface area (Å²) in [6.07, 6.45) is 6.19. The van der Waals surface area contributed by atoms with E-state index in [0.717, 1.165) is 11.5 Å². The molecule has 0 bridgehead atoms. The van der Waals surface area contributed by atoms with Crippen LogP contribution in [0.5, 0.6) is 0 Å². The largest absolute Gasteiger partial charge is 0.260 e. The van der Waals surface area contributed by atoms with E-state index in [1.807, 2.05) is 0 Å². The zero-order chi connectivity index (χ0) is 9.03. The van der Waals surface area contributed by atoms with Crippen LogP contribution in [0.1, 0.15) is 46.0 Å². The normalized spacial score (nSPS) is 29.7. The fourth-order valence-corrected chi connectivity index (χ4v) is 3.45. The minimum absolute atomic E-state index is 0.507. The first-order valence-corrected chi connectivity index (χ1v) is 6.56. The van der Waals surface area contributed by atoms with Crippen LogP contribution in [0.4, 0.5) is 0 Å². The van der Waals surface area contributed by atoms with Crippen LogP contribution in [0.2, 0.25) is 0 Å². The molecule has 0 radical (unpaired) electrons. The molecule has 1 atom stereocenters. The van der Waals surface area contributed by atoms with Crippen LogP contribution in [-0.2, 0) is 10.8 Å². The molecule has 1 rings (SSSR count). The molecule has 0 aliphatic carbocycles. The van der Waals surface area contributed by atoms with Crippen molar-refractivity contribution in [3.8, 4) is 0 Å². The molecule has 0 spiro atoms. The van der Waals surface area contributed by atoms with E-state index in [1.54, 1.807) is 0 Å². The Kier molecular flexibility index (Phi) is 3.76. The van der Waals surface area contributed by atoms with E-state index < -0.39 is 10.8 Å². The Morgan fingerprint density at radius 3 is 2.42 bits per heavy atom. The average Bonchev–Trinajstić information content (AvgIpc) is 2.28. The summed E-state index contributed by atoms with van der Waals surface area (Å²) >= 11 is 0. The summed E-state index contributed by atoms with van der Waals surface area (Å²) in [6.45, 7) is 4.55. The smallest absolute Gasteiger partial charge is 0.0240 e. The Morgan fingerprint density at radius 2 is 1.83 bits per heavy atom. The lowest BCUT2D eigenvalue weighted by Gasteiger charge is -2.29. The van der Waals surface area contributed by atoms with E-state index in [9.17, 15) is 4.21 Å². The van der Waals surface area contributed by atoms with Gasteiger partial charge in [-0.25, -0.2) is 0 Å². The van der Waals surface area contributed by atoms with Gasteiger partial charge in [-0.3, -0.25) is 4.21 Å². The van der Waals surface area contributed by atoms with Crippen molar-refractivity contribution in [2.75, 3.05) is 11.5 Å². The van der Waals surface area contributed by atoms with Crippen molar-refractivity contribution in [2.24, 2.45) is 5.41 Å². The maximum Gasteiger partial charge on any atom is 0.0240 e. The molecule has 1 aliphatic rings. The Labute approximate surface area is 78.4 Å². The van der Waals surface area contributed by atoms with Gasteiger partial charge in [-0.15, -0.1) is 0 Å². The summed E-state index contributed by atoms with van der Waals surface area (Å²) in [5.74, 6) is 1.89. The van der Waals surface area contributed by atoms with Gasteiger partial charge in [0.2, 0.25) is 0 Å². The van der Waals surface area contributed by atoms with Gasteiger partial charge in [0.05, 0.1) is 0 Å². The van der Waals surface area contributed by atoms with Gasteiger partial charge in [0.25, 0.3) is 0 Å². The molecule has 1 nitrogen and oxygen atoms in total. The molecule has 0 aromatic heterocycles. The van der Waals surface area contributed by atoms with E-state index in [2.05, 4.69) is 13.8 Å². The van der Waals surface area contributed by atoms with Crippen LogP contribution >= 0.6 is 0 Å². The molecule has 1 fully saturated rings. The minimum Gasteiger partial charge on any atom is -0.260 e. The van der Waals surface area contributed by atoms with Gasteiger partial charge < -0.3 is 0 Å². The summed E-state index contributed by atoms with van der Waals surface area (Å²) in [6, 6.07) is 0. The highest BCUT2D eigenvalue weighted by Gasteiger charge is 2.28.